The molecule has 0 N–H and O–H groups in total. The topological polar surface area (TPSA) is 65.0 Å². The second-order valence-electron chi connectivity index (χ2n) is 3.96. The average Bonchev–Trinajstić information content (AvgIpc) is 2.64. The lowest BCUT2D eigenvalue weighted by Gasteiger charge is -2.09. The summed E-state index contributed by atoms with van der Waals surface area (Å²) in [6, 6.07) is 0.533. The first-order valence-electron chi connectivity index (χ1n) is 7.78. The van der Waals surface area contributed by atoms with E-state index in [0.717, 1.165) is 11.8 Å². The van der Waals surface area contributed by atoms with E-state index in [-0.39, 0.29) is 27.4 Å². The van der Waals surface area contributed by atoms with Crippen LogP contribution in [0.4, 0.5) is 13.2 Å². The van der Waals surface area contributed by atoms with Crippen LogP contribution in [-0.2, 0) is 16.7 Å². The third kappa shape index (κ3) is 8.32. The molecule has 0 unspecified atom stereocenters. The van der Waals surface area contributed by atoms with Gasteiger partial charge in [-0.2, -0.15) is 18.2 Å². The first-order chi connectivity index (χ1) is 12.8. The minimum absolute atomic E-state index is 0.0203. The minimum Gasteiger partial charge on any atom is -0.410 e. The molecular weight excluding hydrogens is 426 g/mol. The number of alkyl halides is 3. The van der Waals surface area contributed by atoms with Crippen LogP contribution in [0.25, 0.3) is 0 Å². The molecule has 0 bridgehead atoms. The maximum atomic E-state index is 12.8. The van der Waals surface area contributed by atoms with Crippen molar-refractivity contribution in [1.82, 2.24) is 15.0 Å². The molecule has 150 valence electrons. The fourth-order valence-corrected chi connectivity index (χ4v) is 2.99. The van der Waals surface area contributed by atoms with Crippen LogP contribution in [-0.4, -0.2) is 21.4 Å². The Morgan fingerprint density at radius 2 is 1.67 bits per heavy atom. The van der Waals surface area contributed by atoms with Crippen LogP contribution >= 0.6 is 35.0 Å². The van der Waals surface area contributed by atoms with Gasteiger partial charge in [0.15, 0.2) is 10.9 Å². The molecule has 0 aliphatic carbocycles. The zero-order chi connectivity index (χ0) is 21.0. The number of carbonyl (C=O) groups excluding carboxylic acids is 1. The van der Waals surface area contributed by atoms with Crippen molar-refractivity contribution in [1.29, 1.82) is 0 Å². The molecule has 5 nitrogen and oxygen atoms in total. The van der Waals surface area contributed by atoms with E-state index in [0.29, 0.717) is 11.6 Å². The van der Waals surface area contributed by atoms with Gasteiger partial charge in [-0.1, -0.05) is 62.7 Å². The Kier molecular flexibility index (Phi) is 12.0. The molecule has 0 aliphatic rings. The number of pyridine rings is 1. The highest BCUT2D eigenvalue weighted by molar-refractivity contribution is 7.98. The fraction of sp³-hybridized carbons (Fsp3) is 0.375. The fourth-order valence-electron chi connectivity index (χ4n) is 1.44. The van der Waals surface area contributed by atoms with E-state index in [1.165, 1.54) is 12.4 Å². The van der Waals surface area contributed by atoms with Gasteiger partial charge < -0.3 is 4.74 Å². The summed E-state index contributed by atoms with van der Waals surface area (Å²) in [6.07, 6.45) is -1.99. The molecule has 2 aromatic rings. The first-order valence-corrected chi connectivity index (χ1v) is 9.52. The molecule has 0 aromatic carbocycles. The number of carbonyl (C=O) groups is 1. The summed E-state index contributed by atoms with van der Waals surface area (Å²) in [4.78, 5) is 21.2. The van der Waals surface area contributed by atoms with E-state index >= 15 is 0 Å². The second kappa shape index (κ2) is 12.7. The SMILES string of the molecule is CC.CC.O=COc1cc(C(F)(F)F)nc(SCc2c(Cl)cncc2Cl)n1. The number of hydrogen-bond donors (Lipinski definition) is 0. The summed E-state index contributed by atoms with van der Waals surface area (Å²) in [5.74, 6) is -0.390. The summed E-state index contributed by atoms with van der Waals surface area (Å²) < 4.78 is 42.7. The normalized spacial score (nSPS) is 10.1. The van der Waals surface area contributed by atoms with Gasteiger partial charge in [0.2, 0.25) is 5.88 Å². The Balaban J connectivity index is 0.00000158. The predicted octanol–water partition coefficient (Wildman–Crippen LogP) is 6.08. The van der Waals surface area contributed by atoms with Crippen LogP contribution in [0, 0.1) is 0 Å². The van der Waals surface area contributed by atoms with Gasteiger partial charge in [-0.3, -0.25) is 9.78 Å². The molecule has 0 atom stereocenters. The molecule has 27 heavy (non-hydrogen) atoms. The molecule has 11 heteroatoms. The third-order valence-electron chi connectivity index (χ3n) is 2.44. The van der Waals surface area contributed by atoms with Gasteiger partial charge in [-0.25, -0.2) is 4.98 Å². The number of ether oxygens (including phenoxy) is 1. The molecule has 2 rings (SSSR count). The van der Waals surface area contributed by atoms with Crippen LogP contribution in [0.2, 0.25) is 10.0 Å². The lowest BCUT2D eigenvalue weighted by molar-refractivity contribution is -0.142. The van der Waals surface area contributed by atoms with E-state index in [1.807, 2.05) is 27.7 Å². The Morgan fingerprint density at radius 1 is 1.11 bits per heavy atom. The molecule has 0 amide bonds. The molecule has 0 spiro atoms. The van der Waals surface area contributed by atoms with Crippen LogP contribution < -0.4 is 4.74 Å². The molecule has 0 radical (unpaired) electrons. The molecule has 2 heterocycles. The molecule has 0 aliphatic heterocycles. The van der Waals surface area contributed by atoms with Gasteiger partial charge in [-0.05, 0) is 0 Å². The molecule has 0 saturated carbocycles. The Labute approximate surface area is 169 Å². The van der Waals surface area contributed by atoms with Crippen LogP contribution in [0.15, 0.2) is 23.6 Å². The highest BCUT2D eigenvalue weighted by atomic mass is 35.5. The first kappa shape index (κ1) is 25.4. The van der Waals surface area contributed by atoms with Crippen molar-refractivity contribution in [2.75, 3.05) is 0 Å². The summed E-state index contributed by atoms with van der Waals surface area (Å²) in [6.45, 7) is 7.98. The summed E-state index contributed by atoms with van der Waals surface area (Å²) >= 11 is 12.7. The van der Waals surface area contributed by atoms with Crippen molar-refractivity contribution >= 4 is 41.4 Å². The van der Waals surface area contributed by atoms with Gasteiger partial charge in [0, 0.05) is 29.8 Å². The van der Waals surface area contributed by atoms with Crippen molar-refractivity contribution < 1.29 is 22.7 Å². The average molecular weight is 444 g/mol. The van der Waals surface area contributed by atoms with Gasteiger partial charge >= 0.3 is 6.18 Å². The van der Waals surface area contributed by atoms with Gasteiger partial charge in [-0.15, -0.1) is 0 Å². The zero-order valence-electron chi connectivity index (χ0n) is 15.0. The Bertz CT molecular complexity index is 714. The van der Waals surface area contributed by atoms with Gasteiger partial charge in [0.1, 0.15) is 0 Å². The van der Waals surface area contributed by atoms with Gasteiger partial charge in [0.05, 0.1) is 10.0 Å². The van der Waals surface area contributed by atoms with E-state index in [4.69, 9.17) is 23.2 Å². The second-order valence-corrected chi connectivity index (χ2v) is 5.71. The van der Waals surface area contributed by atoms with Crippen LogP contribution in [0.5, 0.6) is 5.88 Å². The lowest BCUT2D eigenvalue weighted by Crippen LogP contribution is -2.10. The Hall–Kier alpha value is -1.58. The smallest absolute Gasteiger partial charge is 0.410 e. The summed E-state index contributed by atoms with van der Waals surface area (Å²) in [5.41, 5.74) is -0.744. The summed E-state index contributed by atoms with van der Waals surface area (Å²) in [5, 5.41) is 0.295. The number of nitrogens with zero attached hydrogens (tertiary/aromatic N) is 3. The molecule has 0 fully saturated rings. The number of hydrogen-bond acceptors (Lipinski definition) is 6. The lowest BCUT2D eigenvalue weighted by atomic mass is 10.3. The highest BCUT2D eigenvalue weighted by Crippen LogP contribution is 2.33. The maximum Gasteiger partial charge on any atom is 0.433 e. The van der Waals surface area contributed by atoms with Crippen LogP contribution in [0.3, 0.4) is 0 Å². The van der Waals surface area contributed by atoms with E-state index < -0.39 is 17.8 Å². The molecule has 2 aromatic heterocycles. The largest absolute Gasteiger partial charge is 0.433 e. The highest BCUT2D eigenvalue weighted by Gasteiger charge is 2.34. The van der Waals surface area contributed by atoms with Crippen molar-refractivity contribution in [3.05, 3.63) is 39.8 Å². The minimum atomic E-state index is -4.70. The number of thioether (sulfide) groups is 1. The number of rotatable bonds is 5. The Morgan fingerprint density at radius 3 is 2.15 bits per heavy atom. The molecule has 0 saturated heterocycles. The molecular formula is C16H18Cl2F3N3O2S. The van der Waals surface area contributed by atoms with E-state index in [1.54, 1.807) is 0 Å². The van der Waals surface area contributed by atoms with Crippen molar-refractivity contribution in [2.24, 2.45) is 0 Å². The third-order valence-corrected chi connectivity index (χ3v) is 3.96. The monoisotopic (exact) mass is 443 g/mol. The predicted molar refractivity (Wildman–Crippen MR) is 100 cm³/mol. The number of halogens is 5. The van der Waals surface area contributed by atoms with Crippen molar-refractivity contribution in [3.63, 3.8) is 0 Å². The quantitative estimate of drug-likeness (QED) is 0.317. The van der Waals surface area contributed by atoms with Gasteiger partial charge in [0.25, 0.3) is 6.47 Å². The summed E-state index contributed by atoms with van der Waals surface area (Å²) in [7, 11) is 0. The zero-order valence-corrected chi connectivity index (χ0v) is 17.3. The van der Waals surface area contributed by atoms with Crippen LogP contribution in [0.1, 0.15) is 39.0 Å². The van der Waals surface area contributed by atoms with E-state index in [9.17, 15) is 18.0 Å². The number of aromatic nitrogens is 3. The maximum absolute atomic E-state index is 12.8. The standard InChI is InChI=1S/C12H6Cl2F3N3O2S.2C2H6/c13-7-2-18-3-8(14)6(7)4-23-11-19-9(12(15,16)17)1-10(20-11)22-5-21;2*1-2/h1-3,5H,4H2;2*1-2H3. The van der Waals surface area contributed by atoms with E-state index in [2.05, 4.69) is 19.7 Å². The van der Waals surface area contributed by atoms with Crippen molar-refractivity contribution in [3.8, 4) is 5.88 Å². The van der Waals surface area contributed by atoms with Crippen molar-refractivity contribution in [2.45, 2.75) is 44.8 Å².